The van der Waals surface area contributed by atoms with Crippen molar-refractivity contribution < 1.29 is 9.47 Å². The zero-order valence-electron chi connectivity index (χ0n) is 11.3. The van der Waals surface area contributed by atoms with Crippen molar-refractivity contribution in [2.75, 3.05) is 26.9 Å². The molecule has 18 heavy (non-hydrogen) atoms. The Hall–Kier alpha value is -0.770. The summed E-state index contributed by atoms with van der Waals surface area (Å²) in [6, 6.07) is 5.91. The summed E-state index contributed by atoms with van der Waals surface area (Å²) >= 11 is 5.97. The lowest BCUT2D eigenvalue weighted by Gasteiger charge is -2.18. The molecule has 1 unspecified atom stereocenters. The summed E-state index contributed by atoms with van der Waals surface area (Å²) < 4.78 is 10.9. The number of nitrogens with one attached hydrogen (secondary N) is 1. The molecule has 0 saturated carbocycles. The fourth-order valence-electron chi connectivity index (χ4n) is 1.62. The summed E-state index contributed by atoms with van der Waals surface area (Å²) in [4.78, 5) is 0. The van der Waals surface area contributed by atoms with Crippen LogP contribution in [0.25, 0.3) is 0 Å². The van der Waals surface area contributed by atoms with Gasteiger partial charge in [0.15, 0.2) is 0 Å². The summed E-state index contributed by atoms with van der Waals surface area (Å²) in [6.07, 6.45) is 1.10. The molecule has 1 rings (SSSR count). The van der Waals surface area contributed by atoms with Crippen LogP contribution in [0.5, 0.6) is 5.75 Å². The Kier molecular flexibility index (Phi) is 7.09. The van der Waals surface area contributed by atoms with Gasteiger partial charge in [-0.15, -0.1) is 0 Å². The van der Waals surface area contributed by atoms with Crippen LogP contribution in [0, 0.1) is 6.92 Å². The maximum absolute atomic E-state index is 5.97. The van der Waals surface area contributed by atoms with Gasteiger partial charge in [-0.05, 0) is 43.7 Å². The fourth-order valence-corrected chi connectivity index (χ4v) is 1.74. The number of benzene rings is 1. The second-order valence-electron chi connectivity index (χ2n) is 4.33. The number of hydrogen-bond acceptors (Lipinski definition) is 3. The van der Waals surface area contributed by atoms with Crippen molar-refractivity contribution in [1.82, 2.24) is 5.32 Å². The van der Waals surface area contributed by atoms with E-state index in [1.165, 1.54) is 0 Å². The highest BCUT2D eigenvalue weighted by atomic mass is 35.5. The third-order valence-corrected chi connectivity index (χ3v) is 3.06. The van der Waals surface area contributed by atoms with Gasteiger partial charge in [-0.2, -0.15) is 0 Å². The van der Waals surface area contributed by atoms with Crippen LogP contribution < -0.4 is 10.1 Å². The molecule has 0 bridgehead atoms. The van der Waals surface area contributed by atoms with E-state index in [-0.39, 0.29) is 6.04 Å². The van der Waals surface area contributed by atoms with Crippen LogP contribution in [-0.2, 0) is 4.74 Å². The zero-order chi connectivity index (χ0) is 13.4. The van der Waals surface area contributed by atoms with Gasteiger partial charge in [0.2, 0.25) is 0 Å². The Labute approximate surface area is 114 Å². The molecule has 0 radical (unpaired) electrons. The minimum atomic E-state index is 0.214. The number of methoxy groups -OCH3 is 1. The van der Waals surface area contributed by atoms with Crippen molar-refractivity contribution in [2.45, 2.75) is 26.3 Å². The van der Waals surface area contributed by atoms with E-state index in [1.807, 2.05) is 25.1 Å². The lowest BCUT2D eigenvalue weighted by atomic mass is 10.2. The van der Waals surface area contributed by atoms with Crippen LogP contribution in [0.15, 0.2) is 18.2 Å². The van der Waals surface area contributed by atoms with Crippen LogP contribution in [0.1, 0.15) is 18.9 Å². The molecule has 1 aromatic rings. The maximum atomic E-state index is 5.97. The molecule has 1 atom stereocenters. The lowest BCUT2D eigenvalue weighted by molar-refractivity contribution is 0.136. The second-order valence-corrected chi connectivity index (χ2v) is 4.74. The van der Waals surface area contributed by atoms with Gasteiger partial charge in [-0.1, -0.05) is 18.5 Å². The van der Waals surface area contributed by atoms with Crippen LogP contribution in [0.2, 0.25) is 5.02 Å². The van der Waals surface area contributed by atoms with Crippen molar-refractivity contribution in [1.29, 1.82) is 0 Å². The van der Waals surface area contributed by atoms with Crippen molar-refractivity contribution in [3.8, 4) is 5.75 Å². The third-order valence-electron chi connectivity index (χ3n) is 2.63. The van der Waals surface area contributed by atoms with Gasteiger partial charge in [-0.3, -0.25) is 0 Å². The first-order chi connectivity index (χ1) is 8.67. The molecule has 102 valence electrons. The summed E-state index contributed by atoms with van der Waals surface area (Å²) in [5.74, 6) is 0.844. The van der Waals surface area contributed by atoms with E-state index in [0.717, 1.165) is 29.3 Å². The quantitative estimate of drug-likeness (QED) is 0.788. The minimum Gasteiger partial charge on any atom is -0.492 e. The molecule has 0 aliphatic rings. The average Bonchev–Trinajstić information content (AvgIpc) is 2.37. The SMILES string of the molecule is CCCNC(COC)COc1ccc(Cl)c(C)c1. The first-order valence-electron chi connectivity index (χ1n) is 6.28. The number of hydrogen-bond donors (Lipinski definition) is 1. The van der Waals surface area contributed by atoms with E-state index in [0.29, 0.717) is 13.2 Å². The van der Waals surface area contributed by atoms with E-state index < -0.39 is 0 Å². The van der Waals surface area contributed by atoms with E-state index in [2.05, 4.69) is 12.2 Å². The predicted octanol–water partition coefficient (Wildman–Crippen LogP) is 3.04. The first kappa shape index (κ1) is 15.3. The van der Waals surface area contributed by atoms with Crippen molar-refractivity contribution >= 4 is 11.6 Å². The van der Waals surface area contributed by atoms with Crippen molar-refractivity contribution in [3.05, 3.63) is 28.8 Å². The van der Waals surface area contributed by atoms with Gasteiger partial charge in [0.05, 0.1) is 12.6 Å². The fraction of sp³-hybridized carbons (Fsp3) is 0.571. The normalized spacial score (nSPS) is 12.4. The van der Waals surface area contributed by atoms with Gasteiger partial charge in [0.1, 0.15) is 12.4 Å². The van der Waals surface area contributed by atoms with Crippen molar-refractivity contribution in [3.63, 3.8) is 0 Å². The molecule has 1 N–H and O–H groups in total. The Morgan fingerprint density at radius 1 is 1.33 bits per heavy atom. The molecular weight excluding hydrogens is 250 g/mol. The summed E-state index contributed by atoms with van der Waals surface area (Å²) in [5.41, 5.74) is 1.03. The summed E-state index contributed by atoms with van der Waals surface area (Å²) in [6.45, 7) is 6.32. The average molecular weight is 272 g/mol. The summed E-state index contributed by atoms with van der Waals surface area (Å²) in [5, 5.41) is 4.15. The highest BCUT2D eigenvalue weighted by molar-refractivity contribution is 6.31. The molecule has 0 amide bonds. The van der Waals surface area contributed by atoms with Crippen LogP contribution in [0.4, 0.5) is 0 Å². The molecular formula is C14H22ClNO2. The summed E-state index contributed by atoms with van der Waals surface area (Å²) in [7, 11) is 1.70. The van der Waals surface area contributed by atoms with Crippen LogP contribution >= 0.6 is 11.6 Å². The molecule has 0 spiro atoms. The highest BCUT2D eigenvalue weighted by Crippen LogP contribution is 2.21. The molecule has 4 heteroatoms. The molecule has 3 nitrogen and oxygen atoms in total. The van der Waals surface area contributed by atoms with E-state index in [1.54, 1.807) is 7.11 Å². The topological polar surface area (TPSA) is 30.5 Å². The monoisotopic (exact) mass is 271 g/mol. The Morgan fingerprint density at radius 2 is 2.11 bits per heavy atom. The largest absolute Gasteiger partial charge is 0.492 e. The van der Waals surface area contributed by atoms with Gasteiger partial charge in [0.25, 0.3) is 0 Å². The van der Waals surface area contributed by atoms with Gasteiger partial charge in [-0.25, -0.2) is 0 Å². The van der Waals surface area contributed by atoms with Gasteiger partial charge < -0.3 is 14.8 Å². The third kappa shape index (κ3) is 5.25. The van der Waals surface area contributed by atoms with Gasteiger partial charge in [0, 0.05) is 12.1 Å². The van der Waals surface area contributed by atoms with Gasteiger partial charge >= 0.3 is 0 Å². The molecule has 1 aromatic carbocycles. The smallest absolute Gasteiger partial charge is 0.119 e. The number of rotatable bonds is 8. The van der Waals surface area contributed by atoms with E-state index in [9.17, 15) is 0 Å². The number of aryl methyl sites for hydroxylation is 1. The van der Waals surface area contributed by atoms with Crippen molar-refractivity contribution in [2.24, 2.45) is 0 Å². The lowest BCUT2D eigenvalue weighted by Crippen LogP contribution is -2.38. The number of ether oxygens (including phenoxy) is 2. The molecule has 0 heterocycles. The minimum absolute atomic E-state index is 0.214. The zero-order valence-corrected chi connectivity index (χ0v) is 12.1. The standard InChI is InChI=1S/C14H22ClNO2/c1-4-7-16-12(9-17-3)10-18-13-5-6-14(15)11(2)8-13/h5-6,8,12,16H,4,7,9-10H2,1-3H3. The van der Waals surface area contributed by atoms with E-state index >= 15 is 0 Å². The first-order valence-corrected chi connectivity index (χ1v) is 6.66. The van der Waals surface area contributed by atoms with Crippen LogP contribution in [0.3, 0.4) is 0 Å². The number of halogens is 1. The Bertz CT molecular complexity index is 358. The molecule has 0 saturated heterocycles. The maximum Gasteiger partial charge on any atom is 0.119 e. The Morgan fingerprint density at radius 3 is 2.72 bits per heavy atom. The van der Waals surface area contributed by atoms with Crippen LogP contribution in [-0.4, -0.2) is 32.9 Å². The second kappa shape index (κ2) is 8.35. The molecule has 0 aliphatic heterocycles. The highest BCUT2D eigenvalue weighted by Gasteiger charge is 2.08. The Balaban J connectivity index is 2.47. The van der Waals surface area contributed by atoms with E-state index in [4.69, 9.17) is 21.1 Å². The molecule has 0 aromatic heterocycles. The predicted molar refractivity (Wildman–Crippen MR) is 75.6 cm³/mol. The molecule has 0 aliphatic carbocycles. The molecule has 0 fully saturated rings.